The summed E-state index contributed by atoms with van der Waals surface area (Å²) in [5, 5.41) is 0. The Morgan fingerprint density at radius 3 is 2.41 bits per heavy atom. The van der Waals surface area contributed by atoms with Crippen LogP contribution in [0.3, 0.4) is 0 Å². The van der Waals surface area contributed by atoms with Gasteiger partial charge in [-0.2, -0.15) is 0 Å². The summed E-state index contributed by atoms with van der Waals surface area (Å²) in [5.74, 6) is 0. The lowest BCUT2D eigenvalue weighted by Gasteiger charge is -2.37. The van der Waals surface area contributed by atoms with E-state index in [1.807, 2.05) is 6.07 Å². The number of likely N-dealkylation sites (N-methyl/N-ethyl adjacent to an activating group) is 1. The Bertz CT molecular complexity index is 381. The van der Waals surface area contributed by atoms with Crippen LogP contribution >= 0.6 is 0 Å². The van der Waals surface area contributed by atoms with E-state index in [1.165, 1.54) is 24.2 Å². The number of aryl methyl sites for hydroxylation is 1. The van der Waals surface area contributed by atoms with Crippen LogP contribution in [0.2, 0.25) is 0 Å². The van der Waals surface area contributed by atoms with Crippen molar-refractivity contribution >= 4 is 5.69 Å². The van der Waals surface area contributed by atoms with Crippen molar-refractivity contribution in [1.29, 1.82) is 0 Å². The van der Waals surface area contributed by atoms with Crippen molar-refractivity contribution in [3.63, 3.8) is 0 Å². The lowest BCUT2D eigenvalue weighted by molar-refractivity contribution is 0.119. The minimum absolute atomic E-state index is 0.490. The fourth-order valence-corrected chi connectivity index (χ4v) is 2.57. The van der Waals surface area contributed by atoms with Crippen molar-refractivity contribution < 1.29 is 0 Å². The molecule has 2 N–H and O–H groups in total. The molecule has 3 heteroatoms. The summed E-state index contributed by atoms with van der Waals surface area (Å²) in [4.78, 5) is 4.94. The van der Waals surface area contributed by atoms with E-state index in [2.05, 4.69) is 42.8 Å². The van der Waals surface area contributed by atoms with Gasteiger partial charge in [0.2, 0.25) is 0 Å². The van der Waals surface area contributed by atoms with Crippen LogP contribution in [-0.2, 0) is 0 Å². The van der Waals surface area contributed by atoms with E-state index in [9.17, 15) is 0 Å². The molecule has 94 valence electrons. The van der Waals surface area contributed by atoms with E-state index in [1.54, 1.807) is 0 Å². The van der Waals surface area contributed by atoms with Gasteiger partial charge in [-0.15, -0.1) is 0 Å². The maximum atomic E-state index is 5.80. The summed E-state index contributed by atoms with van der Waals surface area (Å²) >= 11 is 0. The van der Waals surface area contributed by atoms with Crippen molar-refractivity contribution in [1.82, 2.24) is 9.80 Å². The summed E-state index contributed by atoms with van der Waals surface area (Å²) in [6.07, 6.45) is 0. The molecule has 2 rings (SSSR count). The van der Waals surface area contributed by atoms with Crippen molar-refractivity contribution in [3.8, 4) is 0 Å². The van der Waals surface area contributed by atoms with E-state index < -0.39 is 0 Å². The lowest BCUT2D eigenvalue weighted by atomic mass is 10.00. The van der Waals surface area contributed by atoms with Gasteiger partial charge >= 0.3 is 0 Å². The second kappa shape index (κ2) is 5.07. The van der Waals surface area contributed by atoms with Gasteiger partial charge in [0.25, 0.3) is 0 Å². The van der Waals surface area contributed by atoms with Crippen molar-refractivity contribution in [2.45, 2.75) is 19.9 Å². The number of rotatable bonds is 2. The third-order valence-corrected chi connectivity index (χ3v) is 3.83. The van der Waals surface area contributed by atoms with Gasteiger partial charge in [-0.05, 0) is 44.2 Å². The van der Waals surface area contributed by atoms with E-state index in [4.69, 9.17) is 5.73 Å². The van der Waals surface area contributed by atoms with Gasteiger partial charge in [0.15, 0.2) is 0 Å². The fourth-order valence-electron chi connectivity index (χ4n) is 2.57. The molecule has 0 bridgehead atoms. The predicted molar refractivity (Wildman–Crippen MR) is 73.1 cm³/mol. The van der Waals surface area contributed by atoms with Crippen LogP contribution in [0.25, 0.3) is 0 Å². The normalized spacial score (nSPS) is 20.4. The first kappa shape index (κ1) is 12.4. The van der Waals surface area contributed by atoms with Crippen molar-refractivity contribution in [2.24, 2.45) is 0 Å². The number of benzene rings is 1. The van der Waals surface area contributed by atoms with Crippen LogP contribution in [0, 0.1) is 6.92 Å². The van der Waals surface area contributed by atoms with Crippen molar-refractivity contribution in [2.75, 3.05) is 39.0 Å². The summed E-state index contributed by atoms with van der Waals surface area (Å²) in [7, 11) is 2.19. The second-order valence-corrected chi connectivity index (χ2v) is 5.13. The zero-order valence-corrected chi connectivity index (χ0v) is 11.1. The fraction of sp³-hybridized carbons (Fsp3) is 0.571. The Balaban J connectivity index is 2.11. The van der Waals surface area contributed by atoms with E-state index in [0.717, 1.165) is 18.8 Å². The number of hydrogen-bond acceptors (Lipinski definition) is 3. The monoisotopic (exact) mass is 233 g/mol. The van der Waals surface area contributed by atoms with Crippen LogP contribution in [0.5, 0.6) is 0 Å². The molecular formula is C14H23N3. The summed E-state index contributed by atoms with van der Waals surface area (Å²) in [6.45, 7) is 9.09. The molecule has 1 aromatic rings. The van der Waals surface area contributed by atoms with E-state index >= 15 is 0 Å². The average Bonchev–Trinajstić information content (AvgIpc) is 2.29. The molecule has 3 nitrogen and oxygen atoms in total. The van der Waals surface area contributed by atoms with Gasteiger partial charge in [0.05, 0.1) is 0 Å². The summed E-state index contributed by atoms with van der Waals surface area (Å²) < 4.78 is 0. The number of nitrogen functional groups attached to an aromatic ring is 1. The summed E-state index contributed by atoms with van der Waals surface area (Å²) in [5.41, 5.74) is 9.37. The highest BCUT2D eigenvalue weighted by atomic mass is 15.3. The maximum Gasteiger partial charge on any atom is 0.0323 e. The molecule has 1 atom stereocenters. The highest BCUT2D eigenvalue weighted by molar-refractivity contribution is 5.45. The molecule has 0 radical (unpaired) electrons. The Kier molecular flexibility index (Phi) is 3.69. The number of anilines is 1. The highest BCUT2D eigenvalue weighted by Crippen LogP contribution is 2.25. The third-order valence-electron chi connectivity index (χ3n) is 3.83. The minimum atomic E-state index is 0.490. The predicted octanol–water partition coefficient (Wildman–Crippen LogP) is 1.89. The molecule has 0 aliphatic carbocycles. The maximum absolute atomic E-state index is 5.80. The van der Waals surface area contributed by atoms with Gasteiger partial charge in [-0.1, -0.05) is 6.07 Å². The first-order valence-corrected chi connectivity index (χ1v) is 6.36. The van der Waals surface area contributed by atoms with E-state index in [-0.39, 0.29) is 0 Å². The quantitative estimate of drug-likeness (QED) is 0.792. The molecule has 1 unspecified atom stereocenters. The van der Waals surface area contributed by atoms with Gasteiger partial charge in [-0.3, -0.25) is 4.90 Å². The molecule has 1 aliphatic rings. The van der Waals surface area contributed by atoms with Gasteiger partial charge < -0.3 is 10.6 Å². The average molecular weight is 233 g/mol. The standard InChI is InChI=1S/C14H23N3/c1-11-10-13(15)4-5-14(11)12(2)17-8-6-16(3)7-9-17/h4-5,10,12H,6-9,15H2,1-3H3. The van der Waals surface area contributed by atoms with Gasteiger partial charge in [0, 0.05) is 37.9 Å². The van der Waals surface area contributed by atoms with Crippen molar-refractivity contribution in [3.05, 3.63) is 29.3 Å². The molecule has 1 heterocycles. The lowest BCUT2D eigenvalue weighted by Crippen LogP contribution is -2.45. The molecule has 0 spiro atoms. The zero-order valence-electron chi connectivity index (χ0n) is 11.1. The molecule has 0 saturated carbocycles. The Morgan fingerprint density at radius 1 is 1.18 bits per heavy atom. The SMILES string of the molecule is Cc1cc(N)ccc1C(C)N1CCN(C)CC1. The first-order valence-electron chi connectivity index (χ1n) is 6.36. The topological polar surface area (TPSA) is 32.5 Å². The largest absolute Gasteiger partial charge is 0.399 e. The molecule has 1 fully saturated rings. The number of nitrogens with two attached hydrogens (primary N) is 1. The number of hydrogen-bond donors (Lipinski definition) is 1. The van der Waals surface area contributed by atoms with Gasteiger partial charge in [0.1, 0.15) is 0 Å². The highest BCUT2D eigenvalue weighted by Gasteiger charge is 2.21. The molecule has 0 aromatic heterocycles. The minimum Gasteiger partial charge on any atom is -0.399 e. The van der Waals surface area contributed by atoms with Crippen LogP contribution in [0.15, 0.2) is 18.2 Å². The smallest absolute Gasteiger partial charge is 0.0323 e. The first-order chi connectivity index (χ1) is 8.08. The molecule has 1 aliphatic heterocycles. The van der Waals surface area contributed by atoms with Crippen LogP contribution < -0.4 is 5.73 Å². The molecule has 1 aromatic carbocycles. The number of piperazine rings is 1. The summed E-state index contributed by atoms with van der Waals surface area (Å²) in [6, 6.07) is 6.74. The van der Waals surface area contributed by atoms with Crippen LogP contribution in [-0.4, -0.2) is 43.0 Å². The van der Waals surface area contributed by atoms with Crippen LogP contribution in [0.1, 0.15) is 24.1 Å². The molecular weight excluding hydrogens is 210 g/mol. The Morgan fingerprint density at radius 2 is 1.82 bits per heavy atom. The van der Waals surface area contributed by atoms with E-state index in [0.29, 0.717) is 6.04 Å². The zero-order chi connectivity index (χ0) is 12.4. The molecule has 17 heavy (non-hydrogen) atoms. The molecule has 1 saturated heterocycles. The number of nitrogens with zero attached hydrogens (tertiary/aromatic N) is 2. The second-order valence-electron chi connectivity index (χ2n) is 5.13. The van der Waals surface area contributed by atoms with Crippen LogP contribution in [0.4, 0.5) is 5.69 Å². The Hall–Kier alpha value is -1.06. The van der Waals surface area contributed by atoms with Gasteiger partial charge in [-0.25, -0.2) is 0 Å². The third kappa shape index (κ3) is 2.79. The Labute approximate surface area is 104 Å². The molecule has 0 amide bonds.